The van der Waals surface area contributed by atoms with E-state index in [9.17, 15) is 8.42 Å². The Hall–Kier alpha value is -2.77. The molecule has 7 heteroatoms. The van der Waals surface area contributed by atoms with E-state index in [0.717, 1.165) is 16.7 Å². The van der Waals surface area contributed by atoms with Crippen LogP contribution in [0.2, 0.25) is 0 Å². The lowest BCUT2D eigenvalue weighted by Gasteiger charge is -2.27. The molecule has 4 rings (SSSR count). The molecule has 1 aliphatic heterocycles. The van der Waals surface area contributed by atoms with E-state index < -0.39 is 10.0 Å². The Kier molecular flexibility index (Phi) is 4.41. The number of aromatic nitrogens is 2. The van der Waals surface area contributed by atoms with E-state index in [-0.39, 0.29) is 17.4 Å². The number of hydrogen-bond donors (Lipinski definition) is 1. The first-order valence-electron chi connectivity index (χ1n) is 8.71. The number of nitrogens with two attached hydrogens (primary N) is 1. The first-order chi connectivity index (χ1) is 12.9. The quantitative estimate of drug-likeness (QED) is 0.755. The fourth-order valence-corrected chi connectivity index (χ4v) is 4.62. The number of nitrogens with zero attached hydrogens (tertiary/aromatic N) is 3. The van der Waals surface area contributed by atoms with Crippen LogP contribution in [0, 0.1) is 6.92 Å². The van der Waals surface area contributed by atoms with Crippen LogP contribution < -0.4 is 5.73 Å². The number of fused-ring (bicyclic) bond motifs is 1. The highest BCUT2D eigenvalue weighted by Gasteiger charge is 2.29. The lowest BCUT2D eigenvalue weighted by molar-refractivity contribution is 0.385. The molecule has 1 aliphatic rings. The molecule has 2 aromatic carbocycles. The van der Waals surface area contributed by atoms with Crippen LogP contribution in [-0.2, 0) is 23.0 Å². The van der Waals surface area contributed by atoms with E-state index >= 15 is 0 Å². The number of hydrogen-bond acceptors (Lipinski definition) is 5. The fourth-order valence-electron chi connectivity index (χ4n) is 3.21. The zero-order valence-electron chi connectivity index (χ0n) is 15.0. The summed E-state index contributed by atoms with van der Waals surface area (Å²) < 4.78 is 27.5. The predicted molar refractivity (Wildman–Crippen MR) is 104 cm³/mol. The third kappa shape index (κ3) is 3.43. The van der Waals surface area contributed by atoms with Gasteiger partial charge in [0.15, 0.2) is 0 Å². The topological polar surface area (TPSA) is 89.2 Å². The summed E-state index contributed by atoms with van der Waals surface area (Å²) in [5, 5.41) is 0. The van der Waals surface area contributed by atoms with Crippen molar-refractivity contribution in [3.8, 4) is 11.1 Å². The maximum absolute atomic E-state index is 13.0. The molecule has 0 bridgehead atoms. The number of rotatable bonds is 3. The first kappa shape index (κ1) is 17.6. The lowest BCUT2D eigenvalue weighted by Crippen LogP contribution is -2.36. The Morgan fingerprint density at radius 2 is 1.63 bits per heavy atom. The van der Waals surface area contributed by atoms with Gasteiger partial charge in [0.2, 0.25) is 16.0 Å². The molecule has 0 atom stereocenters. The van der Waals surface area contributed by atoms with Crippen LogP contribution in [0.5, 0.6) is 0 Å². The highest BCUT2D eigenvalue weighted by atomic mass is 32.2. The molecule has 0 saturated heterocycles. The fraction of sp³-hybridized carbons (Fsp3) is 0.200. The summed E-state index contributed by atoms with van der Waals surface area (Å²) in [7, 11) is -3.59. The summed E-state index contributed by atoms with van der Waals surface area (Å²) in [6.07, 6.45) is 2.26. The second-order valence-corrected chi connectivity index (χ2v) is 8.62. The number of aryl methyl sites for hydroxylation is 1. The molecule has 3 aromatic rings. The Labute approximate surface area is 158 Å². The van der Waals surface area contributed by atoms with Crippen LogP contribution in [0.1, 0.15) is 16.8 Å². The van der Waals surface area contributed by atoms with Crippen LogP contribution >= 0.6 is 0 Å². The van der Waals surface area contributed by atoms with E-state index in [1.165, 1.54) is 9.87 Å². The summed E-state index contributed by atoms with van der Waals surface area (Å²) in [5.74, 6) is 0.162. The first-order valence-corrected chi connectivity index (χ1v) is 10.1. The molecule has 6 nitrogen and oxygen atoms in total. The molecule has 0 saturated carbocycles. The van der Waals surface area contributed by atoms with E-state index in [1.807, 2.05) is 43.3 Å². The van der Waals surface area contributed by atoms with Gasteiger partial charge in [-0.05, 0) is 42.2 Å². The van der Waals surface area contributed by atoms with Gasteiger partial charge in [0.25, 0.3) is 0 Å². The van der Waals surface area contributed by atoms with Gasteiger partial charge in [-0.25, -0.2) is 18.4 Å². The summed E-state index contributed by atoms with van der Waals surface area (Å²) in [6.45, 7) is 2.65. The van der Waals surface area contributed by atoms with Crippen LogP contribution in [0.4, 0.5) is 5.95 Å². The molecule has 0 amide bonds. The van der Waals surface area contributed by atoms with Crippen molar-refractivity contribution in [2.75, 3.05) is 12.3 Å². The zero-order valence-corrected chi connectivity index (χ0v) is 15.8. The van der Waals surface area contributed by atoms with Gasteiger partial charge in [-0.3, -0.25) is 0 Å². The van der Waals surface area contributed by atoms with Crippen molar-refractivity contribution in [1.29, 1.82) is 0 Å². The SMILES string of the molecule is Cc1ccc(-c2ccc(S(=O)(=O)N3CCc4cnc(N)nc4C3)cc2)cc1. The maximum Gasteiger partial charge on any atom is 0.243 e. The second-order valence-electron chi connectivity index (χ2n) is 6.68. The predicted octanol–water partition coefficient (Wildman–Crippen LogP) is 2.78. The molecule has 0 radical (unpaired) electrons. The van der Waals surface area contributed by atoms with E-state index in [2.05, 4.69) is 9.97 Å². The second kappa shape index (κ2) is 6.75. The van der Waals surface area contributed by atoms with Crippen molar-refractivity contribution >= 4 is 16.0 Å². The Morgan fingerprint density at radius 1 is 1.00 bits per heavy atom. The summed E-state index contributed by atoms with van der Waals surface area (Å²) in [6, 6.07) is 15.2. The minimum atomic E-state index is -3.59. The molecule has 0 aliphatic carbocycles. The average molecular weight is 380 g/mol. The van der Waals surface area contributed by atoms with Crippen LogP contribution in [0.3, 0.4) is 0 Å². The Morgan fingerprint density at radius 3 is 2.30 bits per heavy atom. The van der Waals surface area contributed by atoms with E-state index in [0.29, 0.717) is 18.7 Å². The largest absolute Gasteiger partial charge is 0.368 e. The van der Waals surface area contributed by atoms with Crippen molar-refractivity contribution in [3.63, 3.8) is 0 Å². The van der Waals surface area contributed by atoms with E-state index in [1.54, 1.807) is 18.3 Å². The third-order valence-electron chi connectivity index (χ3n) is 4.81. The van der Waals surface area contributed by atoms with Crippen molar-refractivity contribution in [1.82, 2.24) is 14.3 Å². The van der Waals surface area contributed by atoms with Gasteiger partial charge >= 0.3 is 0 Å². The average Bonchev–Trinajstić information content (AvgIpc) is 2.68. The van der Waals surface area contributed by atoms with Gasteiger partial charge < -0.3 is 5.73 Å². The molecule has 138 valence electrons. The van der Waals surface area contributed by atoms with Gasteiger partial charge in [-0.2, -0.15) is 4.31 Å². The number of sulfonamides is 1. The monoisotopic (exact) mass is 380 g/mol. The Balaban J connectivity index is 1.60. The van der Waals surface area contributed by atoms with Gasteiger partial charge in [-0.1, -0.05) is 42.0 Å². The number of anilines is 1. The van der Waals surface area contributed by atoms with Crippen molar-refractivity contribution in [3.05, 3.63) is 71.5 Å². The molecule has 2 heterocycles. The molecule has 0 spiro atoms. The summed E-state index contributed by atoms with van der Waals surface area (Å²) in [4.78, 5) is 8.45. The third-order valence-corrected chi connectivity index (χ3v) is 6.67. The molecular formula is C20H20N4O2S. The molecule has 0 unspecified atom stereocenters. The molecular weight excluding hydrogens is 360 g/mol. The van der Waals surface area contributed by atoms with Gasteiger partial charge in [0.05, 0.1) is 17.1 Å². The smallest absolute Gasteiger partial charge is 0.243 e. The molecule has 2 N–H and O–H groups in total. The van der Waals surface area contributed by atoms with Crippen molar-refractivity contribution in [2.24, 2.45) is 0 Å². The molecule has 27 heavy (non-hydrogen) atoms. The van der Waals surface area contributed by atoms with Crippen LogP contribution in [0.25, 0.3) is 11.1 Å². The van der Waals surface area contributed by atoms with Gasteiger partial charge in [0, 0.05) is 12.7 Å². The number of benzene rings is 2. The van der Waals surface area contributed by atoms with Crippen LogP contribution in [0.15, 0.2) is 59.6 Å². The standard InChI is InChI=1S/C20H20N4O2S/c1-14-2-4-15(5-3-14)16-6-8-18(9-7-16)27(25,26)24-11-10-17-12-22-20(21)23-19(17)13-24/h2-9,12H,10-11,13H2,1H3,(H2,21,22,23). The summed E-state index contributed by atoms with van der Waals surface area (Å²) in [5.41, 5.74) is 10.5. The van der Waals surface area contributed by atoms with Crippen molar-refractivity contribution in [2.45, 2.75) is 24.8 Å². The maximum atomic E-state index is 13.0. The highest BCUT2D eigenvalue weighted by Crippen LogP contribution is 2.26. The minimum Gasteiger partial charge on any atom is -0.368 e. The lowest BCUT2D eigenvalue weighted by atomic mass is 10.0. The van der Waals surface area contributed by atoms with E-state index in [4.69, 9.17) is 5.73 Å². The van der Waals surface area contributed by atoms with Gasteiger partial charge in [0.1, 0.15) is 0 Å². The molecule has 0 fully saturated rings. The summed E-state index contributed by atoms with van der Waals surface area (Å²) >= 11 is 0. The molecule has 1 aromatic heterocycles. The zero-order chi connectivity index (χ0) is 19.0. The van der Waals surface area contributed by atoms with Crippen LogP contribution in [-0.4, -0.2) is 29.2 Å². The highest BCUT2D eigenvalue weighted by molar-refractivity contribution is 7.89. The Bertz CT molecular complexity index is 1080. The minimum absolute atomic E-state index is 0.162. The normalized spacial score (nSPS) is 14.7. The van der Waals surface area contributed by atoms with Gasteiger partial charge in [-0.15, -0.1) is 0 Å². The number of nitrogen functional groups attached to an aromatic ring is 1. The van der Waals surface area contributed by atoms with Crippen molar-refractivity contribution < 1.29 is 8.42 Å².